The van der Waals surface area contributed by atoms with E-state index in [4.69, 9.17) is 4.74 Å². The quantitative estimate of drug-likeness (QED) is 0.696. The summed E-state index contributed by atoms with van der Waals surface area (Å²) >= 11 is 0. The molecule has 1 heterocycles. The molecule has 0 atom stereocenters. The molecule has 29 heavy (non-hydrogen) atoms. The third-order valence-corrected chi connectivity index (χ3v) is 6.67. The lowest BCUT2D eigenvalue weighted by Gasteiger charge is -2.33. The molecule has 2 aromatic carbocycles. The molecule has 0 aromatic heterocycles. The molecule has 1 amide bonds. The molecule has 0 radical (unpaired) electrons. The van der Waals surface area contributed by atoms with Crippen molar-refractivity contribution in [3.63, 3.8) is 0 Å². The summed E-state index contributed by atoms with van der Waals surface area (Å²) in [4.78, 5) is 26.3. The first-order valence-corrected chi connectivity index (χ1v) is 10.8. The predicted molar refractivity (Wildman–Crippen MR) is 108 cm³/mol. The van der Waals surface area contributed by atoms with Crippen LogP contribution < -0.4 is 0 Å². The van der Waals surface area contributed by atoms with Crippen molar-refractivity contribution in [2.75, 3.05) is 32.8 Å². The average Bonchev–Trinajstić information content (AvgIpc) is 2.71. The molecular weight excluding hydrogens is 392 g/mol. The van der Waals surface area contributed by atoms with Crippen molar-refractivity contribution in [3.05, 3.63) is 65.2 Å². The average molecular weight is 416 g/mol. The number of hydrogen-bond donors (Lipinski definition) is 0. The van der Waals surface area contributed by atoms with E-state index in [2.05, 4.69) is 0 Å². The van der Waals surface area contributed by atoms with E-state index >= 15 is 0 Å². The van der Waals surface area contributed by atoms with Gasteiger partial charge in [-0.3, -0.25) is 4.79 Å². The molecule has 0 N–H and O–H groups in total. The fourth-order valence-electron chi connectivity index (χ4n) is 3.31. The van der Waals surface area contributed by atoms with Crippen molar-refractivity contribution in [1.29, 1.82) is 0 Å². The Morgan fingerprint density at radius 3 is 2.10 bits per heavy atom. The number of esters is 1. The van der Waals surface area contributed by atoms with Gasteiger partial charge in [0.25, 0.3) is 5.91 Å². The van der Waals surface area contributed by atoms with Gasteiger partial charge in [-0.05, 0) is 38.1 Å². The minimum atomic E-state index is -3.57. The summed E-state index contributed by atoms with van der Waals surface area (Å²) in [5, 5.41) is 0. The van der Waals surface area contributed by atoms with E-state index in [0.717, 1.165) is 11.1 Å². The number of rotatable bonds is 5. The summed E-state index contributed by atoms with van der Waals surface area (Å²) in [7, 11) is -3.57. The molecule has 0 saturated carbocycles. The molecule has 1 saturated heterocycles. The van der Waals surface area contributed by atoms with Gasteiger partial charge >= 0.3 is 5.97 Å². The number of aryl methyl sites for hydroxylation is 2. The highest BCUT2D eigenvalue weighted by molar-refractivity contribution is 7.89. The fourth-order valence-corrected chi connectivity index (χ4v) is 4.76. The van der Waals surface area contributed by atoms with Crippen molar-refractivity contribution in [2.45, 2.75) is 18.7 Å². The fraction of sp³-hybridized carbons (Fsp3) is 0.333. The molecule has 0 unspecified atom stereocenters. The van der Waals surface area contributed by atoms with E-state index in [1.54, 1.807) is 42.5 Å². The molecule has 2 aromatic rings. The Hall–Kier alpha value is -2.71. The number of nitrogens with zero attached hydrogens (tertiary/aromatic N) is 2. The van der Waals surface area contributed by atoms with Gasteiger partial charge in [0.05, 0.1) is 10.5 Å². The molecule has 0 bridgehead atoms. The van der Waals surface area contributed by atoms with Crippen LogP contribution in [0.15, 0.2) is 53.4 Å². The van der Waals surface area contributed by atoms with Crippen LogP contribution in [0, 0.1) is 13.8 Å². The van der Waals surface area contributed by atoms with Crippen LogP contribution in [0.1, 0.15) is 21.5 Å². The van der Waals surface area contributed by atoms with Crippen molar-refractivity contribution in [1.82, 2.24) is 9.21 Å². The number of hydrogen-bond acceptors (Lipinski definition) is 5. The second-order valence-corrected chi connectivity index (χ2v) is 8.99. The molecule has 0 spiro atoms. The highest BCUT2D eigenvalue weighted by Crippen LogP contribution is 2.17. The van der Waals surface area contributed by atoms with Gasteiger partial charge < -0.3 is 9.64 Å². The Labute approximate surface area is 170 Å². The number of benzene rings is 2. The van der Waals surface area contributed by atoms with Crippen LogP contribution >= 0.6 is 0 Å². The second kappa shape index (κ2) is 8.75. The summed E-state index contributed by atoms with van der Waals surface area (Å²) < 4.78 is 31.8. The van der Waals surface area contributed by atoms with Crippen molar-refractivity contribution in [3.8, 4) is 0 Å². The van der Waals surface area contributed by atoms with Crippen LogP contribution in [0.4, 0.5) is 0 Å². The van der Waals surface area contributed by atoms with Crippen LogP contribution in [0.25, 0.3) is 0 Å². The number of carbonyl (C=O) groups excluding carboxylic acids is 2. The van der Waals surface area contributed by atoms with E-state index in [0.29, 0.717) is 5.56 Å². The standard InChI is InChI=1S/C21H24N2O5S/c1-16-12-17(2)14-18(13-16)21(25)28-15-20(24)22-8-10-23(11-9-22)29(26,27)19-6-4-3-5-7-19/h3-7,12-14H,8-11,15H2,1-2H3. The molecule has 1 fully saturated rings. The predicted octanol–water partition coefficient (Wildman–Crippen LogP) is 1.99. The van der Waals surface area contributed by atoms with Crippen LogP contribution in [0.2, 0.25) is 0 Å². The highest BCUT2D eigenvalue weighted by Gasteiger charge is 2.30. The van der Waals surface area contributed by atoms with Gasteiger partial charge in [-0.15, -0.1) is 0 Å². The molecule has 8 heteroatoms. The van der Waals surface area contributed by atoms with E-state index < -0.39 is 16.0 Å². The van der Waals surface area contributed by atoms with E-state index in [9.17, 15) is 18.0 Å². The maximum Gasteiger partial charge on any atom is 0.338 e. The van der Waals surface area contributed by atoms with Crippen LogP contribution in [0.3, 0.4) is 0 Å². The third kappa shape index (κ3) is 5.02. The topological polar surface area (TPSA) is 84.0 Å². The molecule has 154 valence electrons. The van der Waals surface area contributed by atoms with Gasteiger partial charge in [0.2, 0.25) is 10.0 Å². The number of sulfonamides is 1. The first kappa shape index (κ1) is 21.0. The summed E-state index contributed by atoms with van der Waals surface area (Å²) in [6, 6.07) is 13.6. The Bertz CT molecular complexity index is 977. The minimum absolute atomic E-state index is 0.202. The van der Waals surface area contributed by atoms with Crippen LogP contribution in [-0.4, -0.2) is 62.3 Å². The molecule has 0 aliphatic carbocycles. The normalized spacial score (nSPS) is 15.2. The Morgan fingerprint density at radius 1 is 0.931 bits per heavy atom. The molecule has 3 rings (SSSR count). The van der Waals surface area contributed by atoms with Gasteiger partial charge in [0, 0.05) is 26.2 Å². The lowest BCUT2D eigenvalue weighted by molar-refractivity contribution is -0.135. The first-order chi connectivity index (χ1) is 13.8. The van der Waals surface area contributed by atoms with E-state index in [1.165, 1.54) is 9.21 Å². The third-order valence-electron chi connectivity index (χ3n) is 4.76. The summed E-state index contributed by atoms with van der Waals surface area (Å²) in [6.45, 7) is 4.33. The van der Waals surface area contributed by atoms with Gasteiger partial charge in [-0.1, -0.05) is 35.4 Å². The summed E-state index contributed by atoms with van der Waals surface area (Å²) in [6.07, 6.45) is 0. The largest absolute Gasteiger partial charge is 0.452 e. The second-order valence-electron chi connectivity index (χ2n) is 7.05. The van der Waals surface area contributed by atoms with E-state index in [1.807, 2.05) is 19.9 Å². The Balaban J connectivity index is 1.53. The molecular formula is C21H24N2O5S. The number of piperazine rings is 1. The Morgan fingerprint density at radius 2 is 1.52 bits per heavy atom. The van der Waals surface area contributed by atoms with Crippen molar-refractivity contribution >= 4 is 21.9 Å². The highest BCUT2D eigenvalue weighted by atomic mass is 32.2. The summed E-state index contributed by atoms with van der Waals surface area (Å²) in [5.74, 6) is -0.880. The maximum atomic E-state index is 12.6. The van der Waals surface area contributed by atoms with Gasteiger partial charge in [0.1, 0.15) is 0 Å². The van der Waals surface area contributed by atoms with Crippen LogP contribution in [0.5, 0.6) is 0 Å². The monoisotopic (exact) mass is 416 g/mol. The Kier molecular flexibility index (Phi) is 6.34. The van der Waals surface area contributed by atoms with Crippen LogP contribution in [-0.2, 0) is 19.6 Å². The van der Waals surface area contributed by atoms with Crippen molar-refractivity contribution < 1.29 is 22.7 Å². The number of ether oxygens (including phenoxy) is 1. The molecule has 7 nitrogen and oxygen atoms in total. The zero-order valence-electron chi connectivity index (χ0n) is 16.5. The SMILES string of the molecule is Cc1cc(C)cc(C(=O)OCC(=O)N2CCN(S(=O)(=O)c3ccccc3)CC2)c1. The zero-order valence-corrected chi connectivity index (χ0v) is 17.3. The smallest absolute Gasteiger partial charge is 0.338 e. The number of carbonyl (C=O) groups is 2. The molecule has 1 aliphatic heterocycles. The zero-order chi connectivity index (χ0) is 21.0. The summed E-state index contributed by atoms with van der Waals surface area (Å²) in [5.41, 5.74) is 2.30. The molecule has 1 aliphatic rings. The van der Waals surface area contributed by atoms with Gasteiger partial charge in [0.15, 0.2) is 6.61 Å². The minimum Gasteiger partial charge on any atom is -0.452 e. The number of amides is 1. The lowest BCUT2D eigenvalue weighted by atomic mass is 10.1. The maximum absolute atomic E-state index is 12.6. The van der Waals surface area contributed by atoms with Crippen molar-refractivity contribution in [2.24, 2.45) is 0 Å². The van der Waals surface area contributed by atoms with Gasteiger partial charge in [-0.25, -0.2) is 13.2 Å². The van der Waals surface area contributed by atoms with E-state index in [-0.39, 0.29) is 43.6 Å². The lowest BCUT2D eigenvalue weighted by Crippen LogP contribution is -2.51. The first-order valence-electron chi connectivity index (χ1n) is 9.36. The van der Waals surface area contributed by atoms with Gasteiger partial charge in [-0.2, -0.15) is 4.31 Å².